The molecule has 1 heterocycles. The Kier molecular flexibility index (Phi) is 5.11. The van der Waals surface area contributed by atoms with Crippen molar-refractivity contribution in [3.05, 3.63) is 0 Å². The normalized spacial score (nSPS) is 20.9. The lowest BCUT2D eigenvalue weighted by Crippen LogP contribution is -2.39. The molecule has 8 heteroatoms. The van der Waals surface area contributed by atoms with E-state index in [1.165, 1.54) is 0 Å². The topological polar surface area (TPSA) is 40.5 Å². The van der Waals surface area contributed by atoms with Gasteiger partial charge >= 0.3 is 12.1 Å². The molecule has 1 aliphatic heterocycles. The van der Waals surface area contributed by atoms with Gasteiger partial charge in [0.1, 0.15) is 0 Å². The molecule has 0 aromatic carbocycles. The van der Waals surface area contributed by atoms with Crippen LogP contribution in [0.25, 0.3) is 0 Å². The number of carboxylic acids is 1. The Morgan fingerprint density at radius 3 is 2.00 bits per heavy atom. The van der Waals surface area contributed by atoms with Gasteiger partial charge < -0.3 is 10.0 Å². The zero-order valence-electron chi connectivity index (χ0n) is 8.52. The minimum atomic E-state index is -5.08. The van der Waals surface area contributed by atoms with E-state index in [4.69, 9.17) is 9.90 Å². The summed E-state index contributed by atoms with van der Waals surface area (Å²) in [5, 5.41) is 7.12. The minimum Gasteiger partial charge on any atom is -0.475 e. The quantitative estimate of drug-likeness (QED) is 0.667. The van der Waals surface area contributed by atoms with Crippen molar-refractivity contribution in [3.63, 3.8) is 0 Å². The van der Waals surface area contributed by atoms with E-state index in [2.05, 4.69) is 0 Å². The van der Waals surface area contributed by atoms with Crippen molar-refractivity contribution in [2.24, 2.45) is 0 Å². The third kappa shape index (κ3) is 6.54. The van der Waals surface area contributed by atoms with Gasteiger partial charge in [-0.3, -0.25) is 0 Å². The predicted molar refractivity (Wildman–Crippen MR) is 45.4 cm³/mol. The highest BCUT2D eigenvalue weighted by Crippen LogP contribution is 2.25. The lowest BCUT2D eigenvalue weighted by atomic mass is 10.1. The van der Waals surface area contributed by atoms with E-state index in [0.717, 1.165) is 6.54 Å². The average molecular weight is 249 g/mol. The number of hydrogen-bond donors (Lipinski definition) is 1. The first-order valence-corrected chi connectivity index (χ1v) is 4.41. The van der Waals surface area contributed by atoms with Gasteiger partial charge in [-0.05, 0) is 20.0 Å². The summed E-state index contributed by atoms with van der Waals surface area (Å²) >= 11 is 0. The third-order valence-electron chi connectivity index (χ3n) is 1.83. The van der Waals surface area contributed by atoms with Gasteiger partial charge in [-0.2, -0.15) is 13.2 Å². The number of likely N-dealkylation sites (tertiary alicyclic amines) is 1. The lowest BCUT2D eigenvalue weighted by Gasteiger charge is -2.28. The van der Waals surface area contributed by atoms with E-state index in [-0.39, 0.29) is 13.0 Å². The summed E-state index contributed by atoms with van der Waals surface area (Å²) in [5.41, 5.74) is 0. The maximum Gasteiger partial charge on any atom is 0.490 e. The second-order valence-corrected chi connectivity index (χ2v) is 3.50. The van der Waals surface area contributed by atoms with E-state index >= 15 is 0 Å². The maximum absolute atomic E-state index is 12.4. The summed E-state index contributed by atoms with van der Waals surface area (Å²) in [4.78, 5) is 10.6. The van der Waals surface area contributed by atoms with Gasteiger partial charge in [0.2, 0.25) is 0 Å². The molecule has 0 aliphatic carbocycles. The van der Waals surface area contributed by atoms with Gasteiger partial charge in [0.25, 0.3) is 5.92 Å². The molecule has 0 spiro atoms. The van der Waals surface area contributed by atoms with Crippen LogP contribution in [0.2, 0.25) is 0 Å². The molecule has 0 aromatic rings. The molecule has 0 atom stereocenters. The highest BCUT2D eigenvalue weighted by Gasteiger charge is 2.38. The fourth-order valence-electron chi connectivity index (χ4n) is 1.16. The first-order chi connectivity index (χ1) is 7.04. The zero-order valence-corrected chi connectivity index (χ0v) is 8.52. The van der Waals surface area contributed by atoms with Gasteiger partial charge in [-0.15, -0.1) is 0 Å². The fraction of sp³-hybridized carbons (Fsp3) is 0.875. The number of alkyl halides is 5. The molecule has 0 bridgehead atoms. The number of aliphatic carboxylic acids is 1. The van der Waals surface area contributed by atoms with Gasteiger partial charge in [0.05, 0.1) is 6.54 Å². The summed E-state index contributed by atoms with van der Waals surface area (Å²) in [6, 6.07) is 0. The molecule has 1 fully saturated rings. The van der Waals surface area contributed by atoms with Crippen molar-refractivity contribution in [1.29, 1.82) is 0 Å². The van der Waals surface area contributed by atoms with Crippen LogP contribution in [0.1, 0.15) is 12.8 Å². The van der Waals surface area contributed by atoms with E-state index in [1.807, 2.05) is 0 Å². The van der Waals surface area contributed by atoms with Crippen LogP contribution in [0.3, 0.4) is 0 Å². The molecule has 0 amide bonds. The van der Waals surface area contributed by atoms with E-state index < -0.39 is 18.1 Å². The summed E-state index contributed by atoms with van der Waals surface area (Å²) in [6.45, 7) is 0.753. The molecule has 3 nitrogen and oxygen atoms in total. The van der Waals surface area contributed by atoms with Crippen molar-refractivity contribution < 1.29 is 31.9 Å². The van der Waals surface area contributed by atoms with Gasteiger partial charge in [0, 0.05) is 6.42 Å². The smallest absolute Gasteiger partial charge is 0.475 e. The Hall–Kier alpha value is -0.920. The molecule has 16 heavy (non-hydrogen) atoms. The molecule has 0 unspecified atom stereocenters. The van der Waals surface area contributed by atoms with Crippen molar-refractivity contribution in [2.75, 3.05) is 20.1 Å². The van der Waals surface area contributed by atoms with Crippen LogP contribution in [0, 0.1) is 0 Å². The third-order valence-corrected chi connectivity index (χ3v) is 1.83. The second kappa shape index (κ2) is 5.42. The number of hydrogen-bond acceptors (Lipinski definition) is 2. The molecule has 96 valence electrons. The zero-order chi connectivity index (χ0) is 13.0. The van der Waals surface area contributed by atoms with Crippen LogP contribution < -0.4 is 0 Å². The number of piperidine rings is 1. The van der Waals surface area contributed by atoms with Crippen LogP contribution >= 0.6 is 0 Å². The molecular formula is C8H12F5NO2. The monoisotopic (exact) mass is 249 g/mol. The summed E-state index contributed by atoms with van der Waals surface area (Å²) in [5.74, 6) is -5.18. The van der Waals surface area contributed by atoms with Crippen molar-refractivity contribution >= 4 is 5.97 Å². The minimum absolute atomic E-state index is 0.0625. The summed E-state index contributed by atoms with van der Waals surface area (Å²) in [6.07, 6.45) is -4.39. The molecule has 0 saturated carbocycles. The molecule has 1 aliphatic rings. The Labute approximate surface area is 88.8 Å². The first kappa shape index (κ1) is 15.1. The van der Waals surface area contributed by atoms with Crippen LogP contribution in [-0.2, 0) is 4.79 Å². The number of halogens is 5. The molecule has 0 aromatic heterocycles. The first-order valence-electron chi connectivity index (χ1n) is 4.41. The Morgan fingerprint density at radius 2 is 1.81 bits per heavy atom. The SMILES string of the molecule is CN1CCCC(F)(F)C1.O=C(O)C(F)(F)F. The fourth-order valence-corrected chi connectivity index (χ4v) is 1.16. The summed E-state index contributed by atoms with van der Waals surface area (Å²) in [7, 11) is 1.73. The van der Waals surface area contributed by atoms with Crippen LogP contribution in [0.15, 0.2) is 0 Å². The van der Waals surface area contributed by atoms with Gasteiger partial charge in [-0.1, -0.05) is 0 Å². The molecule has 1 rings (SSSR count). The van der Waals surface area contributed by atoms with E-state index in [1.54, 1.807) is 11.9 Å². The van der Waals surface area contributed by atoms with Crippen LogP contribution in [0.4, 0.5) is 22.0 Å². The molecule has 1 saturated heterocycles. The van der Waals surface area contributed by atoms with Crippen molar-refractivity contribution in [1.82, 2.24) is 4.90 Å². The predicted octanol–water partition coefficient (Wildman–Crippen LogP) is 1.98. The number of carboxylic acid groups (broad SMARTS) is 1. The van der Waals surface area contributed by atoms with Gasteiger partial charge in [0.15, 0.2) is 0 Å². The van der Waals surface area contributed by atoms with Crippen LogP contribution in [0.5, 0.6) is 0 Å². The lowest BCUT2D eigenvalue weighted by molar-refractivity contribution is -0.192. The maximum atomic E-state index is 12.4. The molecule has 1 N–H and O–H groups in total. The second-order valence-electron chi connectivity index (χ2n) is 3.50. The summed E-state index contributed by atoms with van der Waals surface area (Å²) < 4.78 is 56.6. The highest BCUT2D eigenvalue weighted by molar-refractivity contribution is 5.73. The number of nitrogens with zero attached hydrogens (tertiary/aromatic N) is 1. The Morgan fingerprint density at radius 1 is 1.38 bits per heavy atom. The standard InChI is InChI=1S/C6H11F2N.C2HF3O2/c1-9-4-2-3-6(7,8)5-9;3-2(4,5)1(6)7/h2-5H2,1H3;(H,6,7). The highest BCUT2D eigenvalue weighted by atomic mass is 19.4. The van der Waals surface area contributed by atoms with E-state index in [0.29, 0.717) is 6.42 Å². The van der Waals surface area contributed by atoms with Crippen LogP contribution in [-0.4, -0.2) is 48.2 Å². The largest absolute Gasteiger partial charge is 0.490 e. The van der Waals surface area contributed by atoms with Gasteiger partial charge in [-0.25, -0.2) is 13.6 Å². The number of carbonyl (C=O) groups is 1. The number of rotatable bonds is 0. The van der Waals surface area contributed by atoms with E-state index in [9.17, 15) is 22.0 Å². The Balaban J connectivity index is 0.000000293. The molecular weight excluding hydrogens is 237 g/mol. The van der Waals surface area contributed by atoms with Crippen molar-refractivity contribution in [2.45, 2.75) is 24.9 Å². The average Bonchev–Trinajstić information content (AvgIpc) is 2.00. The van der Waals surface area contributed by atoms with Crippen molar-refractivity contribution in [3.8, 4) is 0 Å². The Bertz CT molecular complexity index is 241. The molecule has 0 radical (unpaired) electrons.